The summed E-state index contributed by atoms with van der Waals surface area (Å²) in [7, 11) is 1.87. The number of hydrogen-bond donors (Lipinski definition) is 2. The van der Waals surface area contributed by atoms with Crippen LogP contribution in [0.2, 0.25) is 0 Å². The molecule has 1 aromatic heterocycles. The number of carbonyl (C=O) groups is 1. The molecule has 2 rings (SSSR count). The Bertz CT molecular complexity index is 521. The lowest BCUT2D eigenvalue weighted by molar-refractivity contribution is 0.108. The van der Waals surface area contributed by atoms with Crippen LogP contribution in [0.25, 0.3) is 0 Å². The summed E-state index contributed by atoms with van der Waals surface area (Å²) in [4.78, 5) is 14.7. The Morgan fingerprint density at radius 1 is 1.33 bits per heavy atom. The maximum absolute atomic E-state index is 12.2. The van der Waals surface area contributed by atoms with Gasteiger partial charge < -0.3 is 15.2 Å². The molecule has 0 spiro atoms. The Hall–Kier alpha value is -1.63. The van der Waals surface area contributed by atoms with E-state index in [1.165, 1.54) is 12.8 Å². The Morgan fingerprint density at radius 3 is 2.54 bits per heavy atom. The Labute approximate surface area is 145 Å². The maximum Gasteiger partial charge on any atom is 0.315 e. The fourth-order valence-corrected chi connectivity index (χ4v) is 3.34. The number of aromatic nitrogens is 3. The summed E-state index contributed by atoms with van der Waals surface area (Å²) in [5.74, 6) is 2.07. The van der Waals surface area contributed by atoms with Crippen LogP contribution in [0.3, 0.4) is 0 Å². The van der Waals surface area contributed by atoms with Gasteiger partial charge in [0, 0.05) is 19.6 Å². The SMILES string of the molecule is CC1CCN([C@H](CNC(=O)N[C@H](C)c2nncn2C)C(C)C)CC1. The van der Waals surface area contributed by atoms with Gasteiger partial charge in [-0.15, -0.1) is 10.2 Å². The Morgan fingerprint density at radius 2 is 2.00 bits per heavy atom. The second-order valence-electron chi connectivity index (χ2n) is 7.41. The molecule has 0 bridgehead atoms. The fraction of sp³-hybridized carbons (Fsp3) is 0.824. The zero-order chi connectivity index (χ0) is 17.7. The van der Waals surface area contributed by atoms with Crippen molar-refractivity contribution in [3.8, 4) is 0 Å². The molecule has 0 aromatic carbocycles. The number of nitrogens with zero attached hydrogens (tertiary/aromatic N) is 4. The Kier molecular flexibility index (Phi) is 6.60. The van der Waals surface area contributed by atoms with Crippen LogP contribution >= 0.6 is 0 Å². The number of amides is 2. The van der Waals surface area contributed by atoms with Crippen LogP contribution in [0, 0.1) is 11.8 Å². The van der Waals surface area contributed by atoms with Crippen molar-refractivity contribution in [3.63, 3.8) is 0 Å². The van der Waals surface area contributed by atoms with Crippen molar-refractivity contribution >= 4 is 6.03 Å². The summed E-state index contributed by atoms with van der Waals surface area (Å²) >= 11 is 0. The van der Waals surface area contributed by atoms with E-state index in [-0.39, 0.29) is 12.1 Å². The number of likely N-dealkylation sites (tertiary alicyclic amines) is 1. The first-order chi connectivity index (χ1) is 11.4. The van der Waals surface area contributed by atoms with Gasteiger partial charge in [-0.2, -0.15) is 0 Å². The molecule has 2 atom stereocenters. The molecule has 0 radical (unpaired) electrons. The van der Waals surface area contributed by atoms with Crippen LogP contribution in [0.1, 0.15) is 52.4 Å². The first-order valence-corrected chi connectivity index (χ1v) is 9.00. The number of urea groups is 1. The van der Waals surface area contributed by atoms with E-state index in [0.29, 0.717) is 18.5 Å². The maximum atomic E-state index is 12.2. The highest BCUT2D eigenvalue weighted by atomic mass is 16.2. The van der Waals surface area contributed by atoms with E-state index in [1.807, 2.05) is 18.5 Å². The molecule has 2 amide bonds. The third-order valence-corrected chi connectivity index (χ3v) is 5.01. The summed E-state index contributed by atoms with van der Waals surface area (Å²) in [5.41, 5.74) is 0. The van der Waals surface area contributed by atoms with Crippen molar-refractivity contribution in [3.05, 3.63) is 12.2 Å². The lowest BCUT2D eigenvalue weighted by Gasteiger charge is -2.38. The summed E-state index contributed by atoms with van der Waals surface area (Å²) in [6.45, 7) is 11.6. The van der Waals surface area contributed by atoms with Crippen LogP contribution in [0.5, 0.6) is 0 Å². The lowest BCUT2D eigenvalue weighted by Crippen LogP contribution is -2.51. The lowest BCUT2D eigenvalue weighted by atomic mass is 9.94. The van der Waals surface area contributed by atoms with Gasteiger partial charge in [-0.3, -0.25) is 4.90 Å². The van der Waals surface area contributed by atoms with E-state index in [1.54, 1.807) is 6.33 Å². The second-order valence-corrected chi connectivity index (χ2v) is 7.41. The normalized spacial score (nSPS) is 19.2. The molecular formula is C17H32N6O. The fourth-order valence-electron chi connectivity index (χ4n) is 3.34. The summed E-state index contributed by atoms with van der Waals surface area (Å²) in [5, 5.41) is 13.9. The van der Waals surface area contributed by atoms with E-state index < -0.39 is 0 Å². The molecule has 1 aliphatic heterocycles. The van der Waals surface area contributed by atoms with E-state index >= 15 is 0 Å². The number of carbonyl (C=O) groups excluding carboxylic acids is 1. The topological polar surface area (TPSA) is 75.1 Å². The number of piperidine rings is 1. The van der Waals surface area contributed by atoms with Gasteiger partial charge >= 0.3 is 6.03 Å². The number of aryl methyl sites for hydroxylation is 1. The van der Waals surface area contributed by atoms with Crippen LogP contribution in [-0.2, 0) is 7.05 Å². The van der Waals surface area contributed by atoms with Crippen molar-refractivity contribution < 1.29 is 4.79 Å². The van der Waals surface area contributed by atoms with Gasteiger partial charge in [0.2, 0.25) is 0 Å². The molecule has 7 nitrogen and oxygen atoms in total. The minimum absolute atomic E-state index is 0.151. The standard InChI is InChI=1S/C17H32N6O/c1-12(2)15(23-8-6-13(3)7-9-23)10-18-17(24)20-14(4)16-21-19-11-22(16)5/h11-15H,6-10H2,1-5H3,(H2,18,20,24)/t14-,15-/m1/s1. The molecule has 136 valence electrons. The molecule has 0 unspecified atom stereocenters. The Balaban J connectivity index is 1.83. The zero-order valence-electron chi connectivity index (χ0n) is 15.6. The number of nitrogens with one attached hydrogen (secondary N) is 2. The van der Waals surface area contributed by atoms with Crippen LogP contribution in [0.4, 0.5) is 4.79 Å². The first kappa shape index (κ1) is 18.7. The van der Waals surface area contributed by atoms with Crippen molar-refractivity contribution in [2.75, 3.05) is 19.6 Å². The van der Waals surface area contributed by atoms with Crippen molar-refractivity contribution in [1.82, 2.24) is 30.3 Å². The average Bonchev–Trinajstić information content (AvgIpc) is 2.95. The van der Waals surface area contributed by atoms with E-state index in [4.69, 9.17) is 0 Å². The summed E-state index contributed by atoms with van der Waals surface area (Å²) < 4.78 is 1.82. The van der Waals surface area contributed by atoms with Crippen molar-refractivity contribution in [1.29, 1.82) is 0 Å². The van der Waals surface area contributed by atoms with Gasteiger partial charge in [-0.25, -0.2) is 4.79 Å². The van der Waals surface area contributed by atoms with Crippen LogP contribution in [-0.4, -0.2) is 51.4 Å². The zero-order valence-corrected chi connectivity index (χ0v) is 15.6. The van der Waals surface area contributed by atoms with Gasteiger partial charge in [0.1, 0.15) is 6.33 Å². The highest BCUT2D eigenvalue weighted by Gasteiger charge is 2.26. The molecule has 7 heteroatoms. The molecule has 1 saturated heterocycles. The minimum Gasteiger partial charge on any atom is -0.337 e. The van der Waals surface area contributed by atoms with E-state index in [0.717, 1.165) is 24.8 Å². The predicted molar refractivity (Wildman–Crippen MR) is 94.5 cm³/mol. The number of hydrogen-bond acceptors (Lipinski definition) is 4. The highest BCUT2D eigenvalue weighted by molar-refractivity contribution is 5.74. The minimum atomic E-state index is -0.175. The molecule has 2 N–H and O–H groups in total. The molecule has 0 saturated carbocycles. The largest absolute Gasteiger partial charge is 0.337 e. The molecule has 24 heavy (non-hydrogen) atoms. The summed E-state index contributed by atoms with van der Waals surface area (Å²) in [6, 6.07) is 0.0562. The van der Waals surface area contributed by atoms with Crippen molar-refractivity contribution in [2.24, 2.45) is 18.9 Å². The molecular weight excluding hydrogens is 304 g/mol. The summed E-state index contributed by atoms with van der Waals surface area (Å²) in [6.07, 6.45) is 4.13. The molecule has 1 aromatic rings. The van der Waals surface area contributed by atoms with Crippen molar-refractivity contribution in [2.45, 2.75) is 52.6 Å². The molecule has 1 fully saturated rings. The van der Waals surface area contributed by atoms with Gasteiger partial charge in [-0.05, 0) is 44.7 Å². The van der Waals surface area contributed by atoms with Gasteiger partial charge in [0.05, 0.1) is 6.04 Å². The van der Waals surface area contributed by atoms with Gasteiger partial charge in [0.15, 0.2) is 5.82 Å². The third-order valence-electron chi connectivity index (χ3n) is 5.01. The van der Waals surface area contributed by atoms with Crippen LogP contribution in [0.15, 0.2) is 6.33 Å². The molecule has 1 aliphatic rings. The van der Waals surface area contributed by atoms with Gasteiger partial charge in [-0.1, -0.05) is 20.8 Å². The quantitative estimate of drug-likeness (QED) is 0.832. The third kappa shape index (κ3) is 4.93. The molecule has 0 aliphatic carbocycles. The first-order valence-electron chi connectivity index (χ1n) is 9.00. The second kappa shape index (κ2) is 8.46. The molecule has 2 heterocycles. The smallest absolute Gasteiger partial charge is 0.315 e. The monoisotopic (exact) mass is 336 g/mol. The average molecular weight is 336 g/mol. The van der Waals surface area contributed by atoms with Crippen LogP contribution < -0.4 is 10.6 Å². The van der Waals surface area contributed by atoms with E-state index in [2.05, 4.69) is 46.5 Å². The highest BCUT2D eigenvalue weighted by Crippen LogP contribution is 2.21. The van der Waals surface area contributed by atoms with E-state index in [9.17, 15) is 4.79 Å². The van der Waals surface area contributed by atoms with Gasteiger partial charge in [0.25, 0.3) is 0 Å². The number of rotatable bonds is 6. The predicted octanol–water partition coefficient (Wildman–Crippen LogP) is 1.93.